The lowest BCUT2D eigenvalue weighted by atomic mass is 9.99. The Kier molecular flexibility index (Phi) is 5.29. The molecule has 0 spiro atoms. The van der Waals surface area contributed by atoms with Gasteiger partial charge < -0.3 is 5.32 Å². The zero-order valence-electron chi connectivity index (χ0n) is 7.54. The van der Waals surface area contributed by atoms with Gasteiger partial charge in [-0.2, -0.15) is 13.2 Å². The average Bonchev–Trinajstić information content (AvgIpc) is 2.08. The Labute approximate surface area is 71.3 Å². The van der Waals surface area contributed by atoms with Crippen molar-refractivity contribution >= 4 is 0 Å². The lowest BCUT2D eigenvalue weighted by Gasteiger charge is -2.24. The van der Waals surface area contributed by atoms with Crippen LogP contribution in [0.3, 0.4) is 0 Å². The normalized spacial score (nSPS) is 24.2. The molecule has 0 aromatic heterocycles. The van der Waals surface area contributed by atoms with Gasteiger partial charge in [0.15, 0.2) is 0 Å². The average molecular weight is 183 g/mol. The summed E-state index contributed by atoms with van der Waals surface area (Å²) in [4.78, 5) is 0. The summed E-state index contributed by atoms with van der Waals surface area (Å²) in [5.41, 5.74) is 0. The summed E-state index contributed by atoms with van der Waals surface area (Å²) < 4.78 is 35.7. The molecule has 1 unspecified atom stereocenters. The van der Waals surface area contributed by atoms with Crippen LogP contribution in [-0.4, -0.2) is 19.3 Å². The van der Waals surface area contributed by atoms with Gasteiger partial charge in [0.05, 0.1) is 5.92 Å². The van der Waals surface area contributed by atoms with Crippen molar-refractivity contribution in [3.8, 4) is 0 Å². The highest BCUT2D eigenvalue weighted by atomic mass is 19.4. The maximum Gasteiger partial charge on any atom is 0.393 e. The standard InChI is InChI=1S/C6H10F3N.C2H6/c7-6(8,9)5-2-1-3-10-4-5;1-2/h5,10H,1-4H2;1-2H3. The van der Waals surface area contributed by atoms with Crippen LogP contribution in [0.5, 0.6) is 0 Å². The minimum Gasteiger partial charge on any atom is -0.316 e. The molecule has 12 heavy (non-hydrogen) atoms. The van der Waals surface area contributed by atoms with E-state index in [4.69, 9.17) is 0 Å². The lowest BCUT2D eigenvalue weighted by molar-refractivity contribution is -0.177. The Morgan fingerprint density at radius 2 is 1.83 bits per heavy atom. The second-order valence-electron chi connectivity index (χ2n) is 2.58. The molecular formula is C8H16F3N. The van der Waals surface area contributed by atoms with Crippen molar-refractivity contribution in [2.45, 2.75) is 32.9 Å². The van der Waals surface area contributed by atoms with E-state index in [0.29, 0.717) is 6.42 Å². The molecular weight excluding hydrogens is 167 g/mol. The van der Waals surface area contributed by atoms with Gasteiger partial charge in [0, 0.05) is 6.54 Å². The molecule has 1 aliphatic heterocycles. The quantitative estimate of drug-likeness (QED) is 0.608. The smallest absolute Gasteiger partial charge is 0.316 e. The minimum atomic E-state index is -3.99. The number of hydrogen-bond donors (Lipinski definition) is 1. The zero-order chi connectivity index (χ0) is 9.61. The van der Waals surface area contributed by atoms with Gasteiger partial charge in [0.1, 0.15) is 0 Å². The van der Waals surface area contributed by atoms with Gasteiger partial charge >= 0.3 is 6.18 Å². The fraction of sp³-hybridized carbons (Fsp3) is 1.00. The lowest BCUT2D eigenvalue weighted by Crippen LogP contribution is -2.38. The van der Waals surface area contributed by atoms with E-state index in [9.17, 15) is 13.2 Å². The highest BCUT2D eigenvalue weighted by molar-refractivity contribution is 4.74. The summed E-state index contributed by atoms with van der Waals surface area (Å²) in [7, 11) is 0. The monoisotopic (exact) mass is 183 g/mol. The van der Waals surface area contributed by atoms with E-state index in [1.165, 1.54) is 0 Å². The van der Waals surface area contributed by atoms with Crippen molar-refractivity contribution in [1.29, 1.82) is 0 Å². The Balaban J connectivity index is 0.000000561. The molecule has 74 valence electrons. The molecule has 1 heterocycles. The number of rotatable bonds is 0. The molecule has 1 N–H and O–H groups in total. The number of nitrogens with one attached hydrogen (secondary N) is 1. The highest BCUT2D eigenvalue weighted by Gasteiger charge is 2.39. The molecule has 1 atom stereocenters. The van der Waals surface area contributed by atoms with Crippen LogP contribution in [0.25, 0.3) is 0 Å². The fourth-order valence-electron chi connectivity index (χ4n) is 1.13. The second kappa shape index (κ2) is 5.41. The molecule has 1 saturated heterocycles. The van der Waals surface area contributed by atoms with E-state index >= 15 is 0 Å². The van der Waals surface area contributed by atoms with Crippen molar-refractivity contribution in [1.82, 2.24) is 5.32 Å². The van der Waals surface area contributed by atoms with Gasteiger partial charge in [-0.15, -0.1) is 0 Å². The largest absolute Gasteiger partial charge is 0.393 e. The molecule has 0 radical (unpaired) electrons. The zero-order valence-corrected chi connectivity index (χ0v) is 7.54. The van der Waals surface area contributed by atoms with Crippen LogP contribution in [0.2, 0.25) is 0 Å². The topological polar surface area (TPSA) is 12.0 Å². The Bertz CT molecular complexity index is 105. The first-order valence-corrected chi connectivity index (χ1v) is 4.38. The molecule has 0 saturated carbocycles. The van der Waals surface area contributed by atoms with Crippen LogP contribution in [0.4, 0.5) is 13.2 Å². The molecule has 0 aliphatic carbocycles. The van der Waals surface area contributed by atoms with E-state index in [2.05, 4.69) is 5.32 Å². The highest BCUT2D eigenvalue weighted by Crippen LogP contribution is 2.30. The third kappa shape index (κ3) is 3.95. The van der Waals surface area contributed by atoms with Crippen LogP contribution in [0.1, 0.15) is 26.7 Å². The molecule has 1 fully saturated rings. The molecule has 1 aliphatic rings. The summed E-state index contributed by atoms with van der Waals surface area (Å²) in [6, 6.07) is 0. The Morgan fingerprint density at radius 1 is 1.25 bits per heavy atom. The van der Waals surface area contributed by atoms with Gasteiger partial charge in [-0.1, -0.05) is 13.8 Å². The predicted molar refractivity (Wildman–Crippen MR) is 43.0 cm³/mol. The summed E-state index contributed by atoms with van der Waals surface area (Å²) in [6.07, 6.45) is -3.06. The van der Waals surface area contributed by atoms with Gasteiger partial charge in [-0.3, -0.25) is 0 Å². The van der Waals surface area contributed by atoms with E-state index in [1.54, 1.807) is 0 Å². The molecule has 4 heteroatoms. The predicted octanol–water partition coefficient (Wildman–Crippen LogP) is 2.57. The molecule has 0 aromatic rings. The van der Waals surface area contributed by atoms with Gasteiger partial charge in [0.2, 0.25) is 0 Å². The molecule has 0 bridgehead atoms. The van der Waals surface area contributed by atoms with E-state index in [1.807, 2.05) is 13.8 Å². The second-order valence-corrected chi connectivity index (χ2v) is 2.58. The van der Waals surface area contributed by atoms with Gasteiger partial charge in [-0.25, -0.2) is 0 Å². The van der Waals surface area contributed by atoms with Crippen molar-refractivity contribution in [2.24, 2.45) is 5.92 Å². The van der Waals surface area contributed by atoms with E-state index in [-0.39, 0.29) is 13.0 Å². The number of hydrogen-bond acceptors (Lipinski definition) is 1. The summed E-state index contributed by atoms with van der Waals surface area (Å²) in [6.45, 7) is 4.83. The van der Waals surface area contributed by atoms with Crippen LogP contribution in [0, 0.1) is 5.92 Å². The first kappa shape index (κ1) is 11.8. The first-order valence-electron chi connectivity index (χ1n) is 4.38. The van der Waals surface area contributed by atoms with Crippen LogP contribution >= 0.6 is 0 Å². The maximum atomic E-state index is 11.9. The minimum absolute atomic E-state index is 0.101. The third-order valence-electron chi connectivity index (χ3n) is 1.76. The van der Waals surface area contributed by atoms with E-state index in [0.717, 1.165) is 6.54 Å². The maximum absolute atomic E-state index is 11.9. The Morgan fingerprint density at radius 3 is 2.08 bits per heavy atom. The number of alkyl halides is 3. The SMILES string of the molecule is CC.FC(F)(F)C1CCCNC1. The third-order valence-corrected chi connectivity index (χ3v) is 1.76. The van der Waals surface area contributed by atoms with Crippen LogP contribution in [0.15, 0.2) is 0 Å². The van der Waals surface area contributed by atoms with Gasteiger partial charge in [0.25, 0.3) is 0 Å². The molecule has 0 aromatic carbocycles. The molecule has 0 amide bonds. The van der Waals surface area contributed by atoms with Crippen LogP contribution in [-0.2, 0) is 0 Å². The van der Waals surface area contributed by atoms with Crippen molar-refractivity contribution in [2.75, 3.05) is 13.1 Å². The van der Waals surface area contributed by atoms with Crippen LogP contribution < -0.4 is 5.32 Å². The molecule has 1 rings (SSSR count). The van der Waals surface area contributed by atoms with Crippen molar-refractivity contribution in [3.63, 3.8) is 0 Å². The van der Waals surface area contributed by atoms with Crippen molar-refractivity contribution < 1.29 is 13.2 Å². The first-order chi connectivity index (χ1) is 5.61. The number of halogens is 3. The van der Waals surface area contributed by atoms with Gasteiger partial charge in [-0.05, 0) is 19.4 Å². The summed E-state index contributed by atoms with van der Waals surface area (Å²) in [5.74, 6) is -1.11. The summed E-state index contributed by atoms with van der Waals surface area (Å²) in [5, 5.41) is 2.72. The number of piperidine rings is 1. The molecule has 1 nitrogen and oxygen atoms in total. The Hall–Kier alpha value is -0.250. The summed E-state index contributed by atoms with van der Waals surface area (Å²) >= 11 is 0. The fourth-order valence-corrected chi connectivity index (χ4v) is 1.13. The van der Waals surface area contributed by atoms with Crippen molar-refractivity contribution in [3.05, 3.63) is 0 Å². The van der Waals surface area contributed by atoms with E-state index < -0.39 is 12.1 Å².